The van der Waals surface area contributed by atoms with Crippen molar-refractivity contribution in [3.8, 4) is 11.4 Å². The van der Waals surface area contributed by atoms with E-state index in [9.17, 15) is 34.7 Å². The summed E-state index contributed by atoms with van der Waals surface area (Å²) in [6.07, 6.45) is 4.69. The van der Waals surface area contributed by atoms with Crippen LogP contribution in [0.25, 0.3) is 5.69 Å². The van der Waals surface area contributed by atoms with E-state index in [1.54, 1.807) is 61.7 Å². The third-order valence-corrected chi connectivity index (χ3v) is 8.47. The number of hydrogen-bond acceptors (Lipinski definition) is 8. The van der Waals surface area contributed by atoms with Gasteiger partial charge in [0.2, 0.25) is 5.91 Å². The summed E-state index contributed by atoms with van der Waals surface area (Å²) in [5.74, 6) is -1.60. The van der Waals surface area contributed by atoms with Gasteiger partial charge in [-0.3, -0.25) is 29.1 Å². The summed E-state index contributed by atoms with van der Waals surface area (Å²) in [6.45, 7) is 1.91. The lowest BCUT2D eigenvalue weighted by Crippen LogP contribution is -2.44. The number of pyridine rings is 1. The minimum atomic E-state index is -2.15. The number of ether oxygens (including phenoxy) is 1. The van der Waals surface area contributed by atoms with E-state index >= 15 is 0 Å². The van der Waals surface area contributed by atoms with Crippen molar-refractivity contribution in [3.63, 3.8) is 0 Å². The van der Waals surface area contributed by atoms with Gasteiger partial charge in [0.1, 0.15) is 0 Å². The van der Waals surface area contributed by atoms with Gasteiger partial charge in [0.15, 0.2) is 11.4 Å². The van der Waals surface area contributed by atoms with E-state index in [0.29, 0.717) is 23.5 Å². The number of non-ortho nitro benzene ring substituents is 1. The second-order valence-electron chi connectivity index (χ2n) is 11.5. The van der Waals surface area contributed by atoms with Crippen LogP contribution in [0.3, 0.4) is 0 Å². The maximum atomic E-state index is 14.0. The summed E-state index contributed by atoms with van der Waals surface area (Å²) in [5.41, 5.74) is -0.157. The van der Waals surface area contributed by atoms with Crippen LogP contribution in [0.5, 0.6) is 5.75 Å². The van der Waals surface area contributed by atoms with Gasteiger partial charge >= 0.3 is 0 Å². The Bertz CT molecular complexity index is 1890. The van der Waals surface area contributed by atoms with Crippen LogP contribution >= 0.6 is 0 Å². The average Bonchev–Trinajstić information content (AvgIpc) is 3.31. The molecule has 1 aliphatic heterocycles. The van der Waals surface area contributed by atoms with Crippen molar-refractivity contribution in [3.05, 3.63) is 140 Å². The zero-order valence-electron chi connectivity index (χ0n) is 26.6. The average molecular weight is 653 g/mol. The number of carbonyl (C=O) groups excluding carboxylic acids is 2. The van der Waals surface area contributed by atoms with Crippen LogP contribution in [0.15, 0.2) is 108 Å². The predicted octanol–water partition coefficient (Wildman–Crippen LogP) is 4.09. The number of aromatic nitrogens is 1. The predicted molar refractivity (Wildman–Crippen MR) is 179 cm³/mol. The first kappa shape index (κ1) is 33.8. The first-order chi connectivity index (χ1) is 23.1. The fraction of sp³-hybridized carbons (Fsp3) is 0.250. The second kappa shape index (κ2) is 14.4. The van der Waals surface area contributed by atoms with Crippen molar-refractivity contribution in [2.75, 3.05) is 25.2 Å². The number of aliphatic hydroxyl groups is 2. The summed E-state index contributed by atoms with van der Waals surface area (Å²) >= 11 is 0. The summed E-state index contributed by atoms with van der Waals surface area (Å²) in [7, 11) is 1.42. The molecule has 2 amide bonds. The van der Waals surface area contributed by atoms with Gasteiger partial charge in [0.05, 0.1) is 30.9 Å². The molecule has 0 radical (unpaired) electrons. The van der Waals surface area contributed by atoms with Crippen LogP contribution in [0, 0.1) is 16.0 Å². The topological polar surface area (TPSA) is 155 Å². The van der Waals surface area contributed by atoms with Crippen molar-refractivity contribution in [1.82, 2.24) is 9.47 Å². The van der Waals surface area contributed by atoms with E-state index in [1.165, 1.54) is 39.7 Å². The largest absolute Gasteiger partial charge is 0.491 e. The Morgan fingerprint density at radius 2 is 1.77 bits per heavy atom. The van der Waals surface area contributed by atoms with E-state index in [4.69, 9.17) is 4.74 Å². The van der Waals surface area contributed by atoms with Crippen LogP contribution in [-0.4, -0.2) is 56.7 Å². The maximum Gasteiger partial charge on any atom is 0.297 e. The van der Waals surface area contributed by atoms with Crippen LogP contribution in [0.2, 0.25) is 0 Å². The highest BCUT2D eigenvalue weighted by atomic mass is 16.6. The molecular formula is C36H36N4O8. The Labute approximate surface area is 276 Å². The summed E-state index contributed by atoms with van der Waals surface area (Å²) in [5, 5.41) is 33.2. The fourth-order valence-electron chi connectivity index (χ4n) is 5.84. The number of amides is 2. The number of benzene rings is 3. The number of nitro groups is 1. The number of carbonyl (C=O) groups is 2. The molecule has 0 spiro atoms. The molecule has 12 heteroatoms. The third kappa shape index (κ3) is 6.75. The molecule has 0 bridgehead atoms. The molecule has 2 heterocycles. The van der Waals surface area contributed by atoms with Gasteiger partial charge in [-0.05, 0) is 41.5 Å². The Morgan fingerprint density at radius 3 is 2.44 bits per heavy atom. The minimum absolute atomic E-state index is 0.0454. The molecule has 48 heavy (non-hydrogen) atoms. The molecule has 0 fully saturated rings. The van der Waals surface area contributed by atoms with Crippen LogP contribution in [-0.2, 0) is 28.3 Å². The monoisotopic (exact) mass is 652 g/mol. The van der Waals surface area contributed by atoms with E-state index < -0.39 is 22.3 Å². The van der Waals surface area contributed by atoms with Gasteiger partial charge < -0.3 is 24.7 Å². The highest BCUT2D eigenvalue weighted by Crippen LogP contribution is 2.47. The Balaban J connectivity index is 1.38. The number of methoxy groups -OCH3 is 1. The van der Waals surface area contributed by atoms with Gasteiger partial charge in [-0.2, -0.15) is 0 Å². The van der Waals surface area contributed by atoms with Crippen molar-refractivity contribution >= 4 is 23.2 Å². The highest BCUT2D eigenvalue weighted by Gasteiger charge is 2.53. The number of fused-ring (bicyclic) bond motifs is 1. The Morgan fingerprint density at radius 1 is 1.04 bits per heavy atom. The molecule has 0 unspecified atom stereocenters. The minimum Gasteiger partial charge on any atom is -0.491 e. The molecule has 3 aromatic carbocycles. The zero-order chi connectivity index (χ0) is 34.4. The molecule has 12 nitrogen and oxygen atoms in total. The number of nitro benzene ring substituents is 1. The van der Waals surface area contributed by atoms with Crippen molar-refractivity contribution in [1.29, 1.82) is 0 Å². The summed E-state index contributed by atoms with van der Waals surface area (Å²) in [4.78, 5) is 53.7. The smallest absolute Gasteiger partial charge is 0.297 e. The standard InChI is InChI=1S/C36H36N4O8/c1-25(8-6-12-33(42)37(20-21-41)23-26-9-4-3-5-10-26)36(45)30-22-29(40(46)47)17-18-31(30)39(35(36)44)24-27-13-15-28(16-14-27)38-19-7-11-32(48-2)34(38)43/h3-11,13-19,22,25,41,45H,12,20-21,23-24H2,1-2H3/b8-6+/t25-,36+/m1/s1. The van der Waals surface area contributed by atoms with Crippen molar-refractivity contribution in [2.24, 2.45) is 5.92 Å². The van der Waals surface area contributed by atoms with Crippen molar-refractivity contribution in [2.45, 2.75) is 32.0 Å². The first-order valence-electron chi connectivity index (χ1n) is 15.4. The molecule has 0 aliphatic carbocycles. The SMILES string of the molecule is COc1cccn(-c2ccc(CN3C(=O)[C@](O)([C@H](C)/C=C/CC(=O)N(CCO)Cc4ccccc4)c4cc([N+](=O)[O-])ccc43)cc2)c1=O. The molecule has 1 aliphatic rings. The van der Waals surface area contributed by atoms with Gasteiger partial charge in [0, 0.05) is 55.0 Å². The van der Waals surface area contributed by atoms with E-state index in [1.807, 2.05) is 30.3 Å². The lowest BCUT2D eigenvalue weighted by atomic mass is 9.82. The molecule has 248 valence electrons. The van der Waals surface area contributed by atoms with Crippen LogP contribution < -0.4 is 15.2 Å². The number of nitrogens with zero attached hydrogens (tertiary/aromatic N) is 4. The number of aliphatic hydroxyl groups excluding tert-OH is 1. The first-order valence-corrected chi connectivity index (χ1v) is 15.4. The molecule has 0 saturated heterocycles. The van der Waals surface area contributed by atoms with Gasteiger partial charge in [0.25, 0.3) is 17.2 Å². The lowest BCUT2D eigenvalue weighted by molar-refractivity contribution is -0.385. The number of hydrogen-bond donors (Lipinski definition) is 2. The summed E-state index contributed by atoms with van der Waals surface area (Å²) in [6, 6.07) is 23.5. The molecule has 0 saturated carbocycles. The number of rotatable bonds is 13. The van der Waals surface area contributed by atoms with E-state index in [0.717, 1.165) is 5.56 Å². The molecule has 1 aromatic heterocycles. The van der Waals surface area contributed by atoms with Crippen molar-refractivity contribution < 1.29 is 29.5 Å². The van der Waals surface area contributed by atoms with Gasteiger partial charge in [-0.15, -0.1) is 0 Å². The van der Waals surface area contributed by atoms with E-state index in [-0.39, 0.29) is 54.6 Å². The second-order valence-corrected chi connectivity index (χ2v) is 11.5. The fourth-order valence-corrected chi connectivity index (χ4v) is 5.84. The Kier molecular flexibility index (Phi) is 10.2. The van der Waals surface area contributed by atoms with Gasteiger partial charge in [-0.25, -0.2) is 0 Å². The van der Waals surface area contributed by atoms with E-state index in [2.05, 4.69) is 0 Å². The molecular weight excluding hydrogens is 616 g/mol. The number of anilines is 1. The molecule has 2 N–H and O–H groups in total. The zero-order valence-corrected chi connectivity index (χ0v) is 26.6. The van der Waals surface area contributed by atoms with Crippen LogP contribution in [0.1, 0.15) is 30.0 Å². The highest BCUT2D eigenvalue weighted by molar-refractivity contribution is 6.07. The van der Waals surface area contributed by atoms with Gasteiger partial charge in [-0.1, -0.05) is 61.5 Å². The molecule has 2 atom stereocenters. The quantitative estimate of drug-likeness (QED) is 0.124. The van der Waals surface area contributed by atoms with Crippen LogP contribution in [0.4, 0.5) is 11.4 Å². The maximum absolute atomic E-state index is 14.0. The third-order valence-electron chi connectivity index (χ3n) is 8.47. The molecule has 5 rings (SSSR count). The lowest BCUT2D eigenvalue weighted by Gasteiger charge is -2.28. The summed E-state index contributed by atoms with van der Waals surface area (Å²) < 4.78 is 6.56. The normalized spacial score (nSPS) is 16.2. The molecule has 4 aromatic rings. The Hall–Kier alpha value is -5.59.